The number of aliphatic hydroxyl groups is 1. The summed E-state index contributed by atoms with van der Waals surface area (Å²) in [4.78, 5) is 40.9. The standard InChI is InChI=1S/C22H24ClF3N6O3S/c1-12(31-19(34)16(28-3)8-13(27-2)6-4-5-7-33)21-30-11-17(36-21)20(35)32-18-9-14(22(24,25)26)15(23)10-29-18/h8-12,33H,2,4-7H2,1,3H3,(H,31,34)(H,29,32,35)/b13-8-,28-16+. The Labute approximate surface area is 214 Å². The van der Waals surface area contributed by atoms with Gasteiger partial charge in [-0.15, -0.1) is 11.3 Å². The molecule has 1 atom stereocenters. The molecular formula is C22H24ClF3N6O3S. The largest absolute Gasteiger partial charge is 0.418 e. The van der Waals surface area contributed by atoms with Crippen LogP contribution < -0.4 is 10.6 Å². The summed E-state index contributed by atoms with van der Waals surface area (Å²) in [5.74, 6) is -1.54. The van der Waals surface area contributed by atoms with Gasteiger partial charge in [0.1, 0.15) is 21.4 Å². The summed E-state index contributed by atoms with van der Waals surface area (Å²) in [6.45, 7) is 5.19. The molecular weight excluding hydrogens is 521 g/mol. The van der Waals surface area contributed by atoms with Crippen LogP contribution in [0.2, 0.25) is 5.02 Å². The third kappa shape index (κ3) is 8.21. The van der Waals surface area contributed by atoms with Crippen LogP contribution in [0.3, 0.4) is 0 Å². The average Bonchev–Trinajstić information content (AvgIpc) is 3.32. The van der Waals surface area contributed by atoms with Crippen LogP contribution in [0.5, 0.6) is 0 Å². The molecule has 0 aromatic carbocycles. The van der Waals surface area contributed by atoms with Crippen LogP contribution in [-0.4, -0.2) is 53.0 Å². The van der Waals surface area contributed by atoms with E-state index in [1.165, 1.54) is 19.3 Å². The van der Waals surface area contributed by atoms with Gasteiger partial charge >= 0.3 is 6.18 Å². The molecule has 194 valence electrons. The van der Waals surface area contributed by atoms with Crippen molar-refractivity contribution in [3.8, 4) is 0 Å². The molecule has 0 aliphatic heterocycles. The number of unbranched alkanes of at least 4 members (excludes halogenated alkanes) is 1. The van der Waals surface area contributed by atoms with Crippen molar-refractivity contribution in [3.05, 3.63) is 50.7 Å². The van der Waals surface area contributed by atoms with Gasteiger partial charge in [0.2, 0.25) is 0 Å². The molecule has 2 aromatic heterocycles. The van der Waals surface area contributed by atoms with E-state index in [2.05, 4.69) is 37.3 Å². The first-order valence-electron chi connectivity index (χ1n) is 10.6. The third-order valence-electron chi connectivity index (χ3n) is 4.69. The van der Waals surface area contributed by atoms with Crippen LogP contribution >= 0.6 is 22.9 Å². The zero-order valence-corrected chi connectivity index (χ0v) is 21.0. The highest BCUT2D eigenvalue weighted by molar-refractivity contribution is 7.13. The predicted molar refractivity (Wildman–Crippen MR) is 133 cm³/mol. The van der Waals surface area contributed by atoms with Gasteiger partial charge in [0.15, 0.2) is 0 Å². The number of aliphatic hydroxyl groups excluding tert-OH is 1. The van der Waals surface area contributed by atoms with E-state index in [1.807, 2.05) is 0 Å². The fourth-order valence-corrected chi connectivity index (χ4v) is 3.86. The fraction of sp³-hybridized carbons (Fsp3) is 0.364. The maximum atomic E-state index is 13.0. The van der Waals surface area contributed by atoms with Gasteiger partial charge in [-0.05, 0) is 45.0 Å². The summed E-state index contributed by atoms with van der Waals surface area (Å²) in [6, 6.07) is 0.0366. The highest BCUT2D eigenvalue weighted by Gasteiger charge is 2.34. The van der Waals surface area contributed by atoms with Gasteiger partial charge in [0.05, 0.1) is 22.8 Å². The number of aromatic nitrogens is 2. The van der Waals surface area contributed by atoms with Crippen molar-refractivity contribution < 1.29 is 27.9 Å². The molecule has 2 aromatic rings. The number of alkyl halides is 3. The highest BCUT2D eigenvalue weighted by atomic mass is 35.5. The minimum absolute atomic E-state index is 0.0514. The number of anilines is 1. The number of amides is 2. The van der Waals surface area contributed by atoms with Crippen LogP contribution in [0.15, 0.2) is 40.2 Å². The average molecular weight is 545 g/mol. The zero-order valence-electron chi connectivity index (χ0n) is 19.4. The second-order valence-corrected chi connectivity index (χ2v) is 8.81. The lowest BCUT2D eigenvalue weighted by molar-refractivity contribution is -0.137. The summed E-state index contributed by atoms with van der Waals surface area (Å²) in [7, 11) is 1.45. The van der Waals surface area contributed by atoms with Crippen molar-refractivity contribution in [2.45, 2.75) is 38.4 Å². The molecule has 9 nitrogen and oxygen atoms in total. The maximum Gasteiger partial charge on any atom is 0.418 e. The number of hydrogen-bond acceptors (Lipinski definition) is 8. The quantitative estimate of drug-likeness (QED) is 0.284. The number of halogens is 4. The second kappa shape index (κ2) is 13.2. The molecule has 0 bridgehead atoms. The van der Waals surface area contributed by atoms with E-state index in [-0.39, 0.29) is 23.0 Å². The zero-order chi connectivity index (χ0) is 26.9. The van der Waals surface area contributed by atoms with Crippen molar-refractivity contribution in [2.75, 3.05) is 19.0 Å². The smallest absolute Gasteiger partial charge is 0.396 e. The Bertz CT molecular complexity index is 1170. The SMILES string of the molecule is C=N/C(=C\C(=N/C)C(=O)NC(C)c1ncc(C(=O)Nc2cc(C(F)(F)F)c(Cl)cn2)s1)CCCCO. The molecule has 1 unspecified atom stereocenters. The second-order valence-electron chi connectivity index (χ2n) is 7.34. The molecule has 0 radical (unpaired) electrons. The maximum absolute atomic E-state index is 13.0. The van der Waals surface area contributed by atoms with Crippen molar-refractivity contribution in [1.29, 1.82) is 0 Å². The summed E-state index contributed by atoms with van der Waals surface area (Å²) in [5.41, 5.74) is -0.469. The number of aliphatic imine (C=N–C) groups is 2. The van der Waals surface area contributed by atoms with Crippen LogP contribution in [0.1, 0.15) is 52.5 Å². The Kier molecular flexibility index (Phi) is 10.7. The molecule has 3 N–H and O–H groups in total. The van der Waals surface area contributed by atoms with Gasteiger partial charge in [-0.1, -0.05) is 11.6 Å². The van der Waals surface area contributed by atoms with E-state index in [9.17, 15) is 22.8 Å². The van der Waals surface area contributed by atoms with E-state index in [0.29, 0.717) is 36.0 Å². The first kappa shape index (κ1) is 29.1. The molecule has 0 aliphatic rings. The van der Waals surface area contributed by atoms with Gasteiger partial charge in [0, 0.05) is 25.5 Å². The lowest BCUT2D eigenvalue weighted by Crippen LogP contribution is -2.32. The first-order chi connectivity index (χ1) is 17.0. The fourth-order valence-electron chi connectivity index (χ4n) is 2.83. The number of nitrogens with one attached hydrogen (secondary N) is 2. The number of carbonyl (C=O) groups is 2. The number of rotatable bonds is 11. The lowest BCUT2D eigenvalue weighted by Gasteiger charge is -2.12. The Balaban J connectivity index is 2.07. The van der Waals surface area contributed by atoms with Crippen LogP contribution in [0.4, 0.5) is 19.0 Å². The molecule has 2 rings (SSSR count). The minimum Gasteiger partial charge on any atom is -0.396 e. The van der Waals surface area contributed by atoms with E-state index < -0.39 is 34.6 Å². The number of nitrogens with zero attached hydrogens (tertiary/aromatic N) is 4. The number of allylic oxidation sites excluding steroid dienone is 1. The van der Waals surface area contributed by atoms with Gasteiger partial charge < -0.3 is 15.7 Å². The number of carbonyl (C=O) groups excluding carboxylic acids is 2. The summed E-state index contributed by atoms with van der Waals surface area (Å²) < 4.78 is 39.1. The molecule has 0 aliphatic carbocycles. The number of pyridine rings is 1. The first-order valence-corrected chi connectivity index (χ1v) is 11.7. The topological polar surface area (TPSA) is 129 Å². The molecule has 2 amide bonds. The Morgan fingerprint density at radius 2 is 2.03 bits per heavy atom. The summed E-state index contributed by atoms with van der Waals surface area (Å²) in [6.07, 6.45) is 0.620. The summed E-state index contributed by atoms with van der Waals surface area (Å²) >= 11 is 6.50. The van der Waals surface area contributed by atoms with Crippen LogP contribution in [0, 0.1) is 0 Å². The molecule has 2 heterocycles. The molecule has 36 heavy (non-hydrogen) atoms. The highest BCUT2D eigenvalue weighted by Crippen LogP contribution is 2.35. The van der Waals surface area contributed by atoms with E-state index in [4.69, 9.17) is 16.7 Å². The third-order valence-corrected chi connectivity index (χ3v) is 6.17. The molecule has 0 fully saturated rings. The molecule has 0 saturated carbocycles. The Morgan fingerprint density at radius 3 is 2.64 bits per heavy atom. The van der Waals surface area contributed by atoms with E-state index in [0.717, 1.165) is 17.5 Å². The van der Waals surface area contributed by atoms with E-state index >= 15 is 0 Å². The monoisotopic (exact) mass is 544 g/mol. The molecule has 14 heteroatoms. The van der Waals surface area contributed by atoms with Gasteiger partial charge in [-0.2, -0.15) is 13.2 Å². The summed E-state index contributed by atoms with van der Waals surface area (Å²) in [5, 5.41) is 13.7. The molecule has 0 spiro atoms. The van der Waals surface area contributed by atoms with Gasteiger partial charge in [-0.3, -0.25) is 19.6 Å². The van der Waals surface area contributed by atoms with Gasteiger partial charge in [-0.25, -0.2) is 9.97 Å². The Morgan fingerprint density at radius 1 is 1.31 bits per heavy atom. The van der Waals surface area contributed by atoms with Crippen molar-refractivity contribution in [1.82, 2.24) is 15.3 Å². The van der Waals surface area contributed by atoms with Crippen molar-refractivity contribution in [3.63, 3.8) is 0 Å². The van der Waals surface area contributed by atoms with Gasteiger partial charge in [0.25, 0.3) is 11.8 Å². The molecule has 0 saturated heterocycles. The number of thiazole rings is 1. The lowest BCUT2D eigenvalue weighted by atomic mass is 10.1. The van der Waals surface area contributed by atoms with Crippen LogP contribution in [-0.2, 0) is 11.0 Å². The van der Waals surface area contributed by atoms with Crippen molar-refractivity contribution >= 4 is 53.0 Å². The number of hydrogen-bond donors (Lipinski definition) is 3. The van der Waals surface area contributed by atoms with Crippen LogP contribution in [0.25, 0.3) is 0 Å². The minimum atomic E-state index is -4.71. The van der Waals surface area contributed by atoms with E-state index in [1.54, 1.807) is 6.92 Å². The Hall–Kier alpha value is -3.16. The predicted octanol–water partition coefficient (Wildman–Crippen LogP) is 4.46. The normalized spacial score (nSPS) is 13.3. The van der Waals surface area contributed by atoms with Crippen molar-refractivity contribution in [2.24, 2.45) is 9.98 Å².